The molecule has 2 unspecified atom stereocenters. The molecule has 17 heavy (non-hydrogen) atoms. The summed E-state index contributed by atoms with van der Waals surface area (Å²) in [6.45, 7) is 16.9. The second-order valence-electron chi connectivity index (χ2n) is 5.83. The molecule has 0 aromatic heterocycles. The molecule has 0 aliphatic carbocycles. The first kappa shape index (κ1) is 14.9. The smallest absolute Gasteiger partial charge is 0.0327 e. The monoisotopic (exact) mass is 241 g/mol. The Morgan fingerprint density at radius 2 is 1.94 bits per heavy atom. The van der Waals surface area contributed by atoms with E-state index >= 15 is 0 Å². The highest BCUT2D eigenvalue weighted by Crippen LogP contribution is 2.29. The highest BCUT2D eigenvalue weighted by molar-refractivity contribution is 4.96. The van der Waals surface area contributed by atoms with Crippen LogP contribution in [0.25, 0.3) is 0 Å². The third-order valence-corrected chi connectivity index (χ3v) is 4.87. The van der Waals surface area contributed by atoms with Crippen LogP contribution < -0.4 is 5.73 Å². The first-order valence-electron chi connectivity index (χ1n) is 7.18. The van der Waals surface area contributed by atoms with Crippen molar-refractivity contribution in [2.75, 3.05) is 32.7 Å². The lowest BCUT2D eigenvalue weighted by molar-refractivity contribution is 0.0820. The van der Waals surface area contributed by atoms with Crippen molar-refractivity contribution >= 4 is 0 Å². The third-order valence-electron chi connectivity index (χ3n) is 4.87. The van der Waals surface area contributed by atoms with E-state index in [4.69, 9.17) is 5.73 Å². The fourth-order valence-electron chi connectivity index (χ4n) is 2.97. The third kappa shape index (κ3) is 3.01. The van der Waals surface area contributed by atoms with E-state index in [1.54, 1.807) is 0 Å². The van der Waals surface area contributed by atoms with Crippen LogP contribution in [0, 0.1) is 5.92 Å². The van der Waals surface area contributed by atoms with Crippen LogP contribution in [0.5, 0.6) is 0 Å². The minimum Gasteiger partial charge on any atom is -0.329 e. The first-order chi connectivity index (χ1) is 7.99. The molecule has 0 aromatic rings. The summed E-state index contributed by atoms with van der Waals surface area (Å²) in [5, 5.41) is 0. The number of hydrogen-bond acceptors (Lipinski definition) is 3. The first-order valence-corrected chi connectivity index (χ1v) is 7.18. The average Bonchev–Trinajstić information content (AvgIpc) is 2.79. The van der Waals surface area contributed by atoms with Gasteiger partial charge >= 0.3 is 0 Å². The summed E-state index contributed by atoms with van der Waals surface area (Å²) in [6, 6.07) is 0.731. The lowest BCUT2D eigenvalue weighted by Gasteiger charge is -2.42. The Morgan fingerprint density at radius 1 is 1.35 bits per heavy atom. The molecular formula is C14H31N3. The van der Waals surface area contributed by atoms with Crippen LogP contribution in [0.3, 0.4) is 0 Å². The van der Waals surface area contributed by atoms with Gasteiger partial charge in [0, 0.05) is 31.2 Å². The number of nitrogens with zero attached hydrogens (tertiary/aromatic N) is 2. The van der Waals surface area contributed by atoms with Gasteiger partial charge in [0.2, 0.25) is 0 Å². The van der Waals surface area contributed by atoms with Crippen molar-refractivity contribution in [2.45, 2.75) is 52.6 Å². The van der Waals surface area contributed by atoms with E-state index in [-0.39, 0.29) is 5.54 Å². The van der Waals surface area contributed by atoms with Gasteiger partial charge in [-0.3, -0.25) is 9.80 Å². The molecule has 0 spiro atoms. The number of likely N-dealkylation sites (N-methyl/N-ethyl adjacent to an activating group) is 1. The lowest BCUT2D eigenvalue weighted by Crippen LogP contribution is -2.55. The van der Waals surface area contributed by atoms with E-state index in [1.165, 1.54) is 19.5 Å². The van der Waals surface area contributed by atoms with Crippen molar-refractivity contribution in [1.29, 1.82) is 0 Å². The summed E-state index contributed by atoms with van der Waals surface area (Å²) in [5.41, 5.74) is 6.19. The molecule has 1 aliphatic heterocycles. The van der Waals surface area contributed by atoms with Crippen LogP contribution in [-0.2, 0) is 0 Å². The minimum absolute atomic E-state index is 0.169. The van der Waals surface area contributed by atoms with Crippen molar-refractivity contribution in [2.24, 2.45) is 11.7 Å². The summed E-state index contributed by atoms with van der Waals surface area (Å²) in [5.74, 6) is 0.614. The molecule has 1 heterocycles. The molecular weight excluding hydrogens is 210 g/mol. The fraction of sp³-hybridized carbons (Fsp3) is 1.00. The van der Waals surface area contributed by atoms with Gasteiger partial charge in [-0.2, -0.15) is 0 Å². The number of likely N-dealkylation sites (tertiary alicyclic amines) is 1. The number of hydrogen-bond donors (Lipinski definition) is 1. The van der Waals surface area contributed by atoms with E-state index in [9.17, 15) is 0 Å². The molecule has 1 saturated heterocycles. The van der Waals surface area contributed by atoms with Gasteiger partial charge in [0.25, 0.3) is 0 Å². The quantitative estimate of drug-likeness (QED) is 0.769. The van der Waals surface area contributed by atoms with E-state index in [1.807, 2.05) is 0 Å². The molecule has 0 amide bonds. The largest absolute Gasteiger partial charge is 0.329 e. The summed E-state index contributed by atoms with van der Waals surface area (Å²) >= 11 is 0. The summed E-state index contributed by atoms with van der Waals surface area (Å²) in [7, 11) is 0. The van der Waals surface area contributed by atoms with Crippen LogP contribution in [-0.4, -0.2) is 54.1 Å². The lowest BCUT2D eigenvalue weighted by atomic mass is 9.87. The number of nitrogens with two attached hydrogens (primary N) is 1. The number of rotatable bonds is 6. The molecule has 2 atom stereocenters. The zero-order valence-corrected chi connectivity index (χ0v) is 12.4. The van der Waals surface area contributed by atoms with Gasteiger partial charge in [-0.05, 0) is 32.4 Å². The van der Waals surface area contributed by atoms with Gasteiger partial charge < -0.3 is 5.73 Å². The maximum Gasteiger partial charge on any atom is 0.0327 e. The Kier molecular flexibility index (Phi) is 5.42. The molecule has 1 aliphatic rings. The Bertz CT molecular complexity index is 226. The standard InChI is InChI=1S/C14H31N3/c1-6-16(7-2)13-8-9-17(10-13)14(5,11-15)12(3)4/h12-13H,6-11,15H2,1-5H3. The van der Waals surface area contributed by atoms with E-state index in [0.29, 0.717) is 5.92 Å². The topological polar surface area (TPSA) is 32.5 Å². The maximum absolute atomic E-state index is 6.02. The Hall–Kier alpha value is -0.120. The zero-order valence-electron chi connectivity index (χ0n) is 12.4. The maximum atomic E-state index is 6.02. The Morgan fingerprint density at radius 3 is 2.35 bits per heavy atom. The predicted octanol–water partition coefficient (Wildman–Crippen LogP) is 1.78. The summed E-state index contributed by atoms with van der Waals surface area (Å²) < 4.78 is 0. The molecule has 3 heteroatoms. The highest BCUT2D eigenvalue weighted by Gasteiger charge is 2.39. The Labute approximate surface area is 107 Å². The van der Waals surface area contributed by atoms with E-state index < -0.39 is 0 Å². The predicted molar refractivity (Wildman–Crippen MR) is 75.2 cm³/mol. The molecule has 0 radical (unpaired) electrons. The highest BCUT2D eigenvalue weighted by atomic mass is 15.3. The van der Waals surface area contributed by atoms with Gasteiger partial charge in [-0.25, -0.2) is 0 Å². The molecule has 102 valence electrons. The summed E-state index contributed by atoms with van der Waals surface area (Å²) in [6.07, 6.45) is 1.30. The molecule has 1 rings (SSSR count). The van der Waals surface area contributed by atoms with Crippen LogP contribution in [0.15, 0.2) is 0 Å². The van der Waals surface area contributed by atoms with Crippen molar-refractivity contribution in [3.05, 3.63) is 0 Å². The van der Waals surface area contributed by atoms with Crippen molar-refractivity contribution < 1.29 is 0 Å². The summed E-state index contributed by atoms with van der Waals surface area (Å²) in [4.78, 5) is 5.19. The zero-order chi connectivity index (χ0) is 13.1. The molecule has 0 bridgehead atoms. The van der Waals surface area contributed by atoms with Gasteiger partial charge in [-0.1, -0.05) is 27.7 Å². The van der Waals surface area contributed by atoms with E-state index in [2.05, 4.69) is 44.4 Å². The molecule has 0 saturated carbocycles. The second-order valence-corrected chi connectivity index (χ2v) is 5.83. The van der Waals surface area contributed by atoms with Gasteiger partial charge in [0.05, 0.1) is 0 Å². The van der Waals surface area contributed by atoms with E-state index in [0.717, 1.165) is 25.7 Å². The SMILES string of the molecule is CCN(CC)C1CCN(C(C)(CN)C(C)C)C1. The Balaban J connectivity index is 2.66. The van der Waals surface area contributed by atoms with Crippen LogP contribution in [0.2, 0.25) is 0 Å². The van der Waals surface area contributed by atoms with Crippen molar-refractivity contribution in [1.82, 2.24) is 9.80 Å². The normalized spacial score (nSPS) is 25.8. The molecule has 3 nitrogen and oxygen atoms in total. The van der Waals surface area contributed by atoms with Gasteiger partial charge in [-0.15, -0.1) is 0 Å². The molecule has 1 fully saturated rings. The van der Waals surface area contributed by atoms with Crippen LogP contribution in [0.1, 0.15) is 41.0 Å². The second kappa shape index (κ2) is 6.17. The van der Waals surface area contributed by atoms with Gasteiger partial charge in [0.1, 0.15) is 0 Å². The molecule has 2 N–H and O–H groups in total. The van der Waals surface area contributed by atoms with Crippen molar-refractivity contribution in [3.63, 3.8) is 0 Å². The fourth-order valence-corrected chi connectivity index (χ4v) is 2.97. The van der Waals surface area contributed by atoms with Crippen LogP contribution >= 0.6 is 0 Å². The van der Waals surface area contributed by atoms with Crippen LogP contribution in [0.4, 0.5) is 0 Å². The van der Waals surface area contributed by atoms with Gasteiger partial charge in [0.15, 0.2) is 0 Å². The molecule has 0 aromatic carbocycles. The average molecular weight is 241 g/mol. The minimum atomic E-state index is 0.169. The van der Waals surface area contributed by atoms with Crippen molar-refractivity contribution in [3.8, 4) is 0 Å².